The standard InChI is InChI=1S/C21H18FN3O4/c22-15-8-4-5-13-11-21(16-12-29-10-9-24(16)17(13)15)18(26)23-20(28)25(19(21)27)14-6-2-1-3-7-14/h1-8,16H,9-12H2,(H,23,26,28)/t16-,21-/m0/s1. The van der Waals surface area contributed by atoms with Gasteiger partial charge in [0.1, 0.15) is 5.82 Å². The Hall–Kier alpha value is -3.26. The number of imide groups is 2. The topological polar surface area (TPSA) is 79.0 Å². The Morgan fingerprint density at radius 3 is 2.66 bits per heavy atom. The quantitative estimate of drug-likeness (QED) is 0.746. The number of urea groups is 1. The molecule has 0 unspecified atom stereocenters. The zero-order chi connectivity index (χ0) is 20.2. The molecule has 148 valence electrons. The first-order chi connectivity index (χ1) is 14.0. The molecule has 0 aliphatic carbocycles. The molecule has 0 bridgehead atoms. The molecule has 7 nitrogen and oxygen atoms in total. The van der Waals surface area contributed by atoms with Crippen LogP contribution in [0.15, 0.2) is 48.5 Å². The van der Waals surface area contributed by atoms with Gasteiger partial charge in [-0.1, -0.05) is 30.3 Å². The van der Waals surface area contributed by atoms with Crippen LogP contribution < -0.4 is 15.1 Å². The summed E-state index contributed by atoms with van der Waals surface area (Å²) in [4.78, 5) is 42.2. The predicted molar refractivity (Wildman–Crippen MR) is 102 cm³/mol. The van der Waals surface area contributed by atoms with Crippen LogP contribution in [-0.2, 0) is 20.7 Å². The van der Waals surface area contributed by atoms with Crippen LogP contribution in [0.25, 0.3) is 0 Å². The fraction of sp³-hybridized carbons (Fsp3) is 0.286. The van der Waals surface area contributed by atoms with Crippen molar-refractivity contribution in [2.45, 2.75) is 12.5 Å². The Bertz CT molecular complexity index is 1030. The van der Waals surface area contributed by atoms with Crippen molar-refractivity contribution >= 4 is 29.2 Å². The summed E-state index contributed by atoms with van der Waals surface area (Å²) in [6, 6.07) is 11.6. The predicted octanol–water partition coefficient (Wildman–Crippen LogP) is 1.86. The van der Waals surface area contributed by atoms with Gasteiger partial charge in [0.15, 0.2) is 5.41 Å². The Morgan fingerprint density at radius 1 is 1.07 bits per heavy atom. The maximum atomic E-state index is 14.7. The highest BCUT2D eigenvalue weighted by Gasteiger charge is 2.63. The first kappa shape index (κ1) is 17.8. The van der Waals surface area contributed by atoms with Gasteiger partial charge in [-0.25, -0.2) is 14.1 Å². The molecule has 2 atom stereocenters. The molecule has 2 saturated heterocycles. The highest BCUT2D eigenvalue weighted by molar-refractivity contribution is 6.30. The molecular formula is C21H18FN3O4. The van der Waals surface area contributed by atoms with E-state index in [9.17, 15) is 18.8 Å². The highest BCUT2D eigenvalue weighted by Crippen LogP contribution is 2.46. The van der Waals surface area contributed by atoms with Crippen LogP contribution in [0.3, 0.4) is 0 Å². The van der Waals surface area contributed by atoms with Gasteiger partial charge in [-0.15, -0.1) is 0 Å². The number of para-hydroxylation sites is 2. The molecule has 1 N–H and O–H groups in total. The Labute approximate surface area is 166 Å². The molecule has 2 aromatic rings. The Kier molecular flexibility index (Phi) is 3.92. The number of hydrogen-bond acceptors (Lipinski definition) is 5. The molecule has 8 heteroatoms. The van der Waals surface area contributed by atoms with Gasteiger partial charge in [0.05, 0.1) is 30.6 Å². The van der Waals surface area contributed by atoms with Gasteiger partial charge in [-0.2, -0.15) is 0 Å². The van der Waals surface area contributed by atoms with Crippen molar-refractivity contribution in [2.75, 3.05) is 29.6 Å². The summed E-state index contributed by atoms with van der Waals surface area (Å²) < 4.78 is 20.2. The van der Waals surface area contributed by atoms with Gasteiger partial charge >= 0.3 is 6.03 Å². The summed E-state index contributed by atoms with van der Waals surface area (Å²) in [5.41, 5.74) is -0.260. The minimum Gasteiger partial charge on any atom is -0.377 e. The fourth-order valence-electron chi connectivity index (χ4n) is 4.64. The summed E-state index contributed by atoms with van der Waals surface area (Å²) in [5.74, 6) is -1.69. The minimum atomic E-state index is -1.59. The van der Waals surface area contributed by atoms with E-state index in [1.807, 2.05) is 0 Å². The van der Waals surface area contributed by atoms with Crippen LogP contribution in [0.4, 0.5) is 20.6 Å². The zero-order valence-electron chi connectivity index (χ0n) is 15.4. The molecular weight excluding hydrogens is 377 g/mol. The van der Waals surface area contributed by atoms with Crippen molar-refractivity contribution in [2.24, 2.45) is 5.41 Å². The number of hydrogen-bond donors (Lipinski definition) is 1. The molecule has 0 saturated carbocycles. The second-order valence-corrected chi connectivity index (χ2v) is 7.42. The molecule has 1 spiro atoms. The van der Waals surface area contributed by atoms with E-state index >= 15 is 0 Å². The van der Waals surface area contributed by atoms with Crippen LogP contribution in [0, 0.1) is 11.2 Å². The lowest BCUT2D eigenvalue weighted by Crippen LogP contribution is -2.74. The number of ether oxygens (including phenoxy) is 1. The number of morpholine rings is 1. The number of amides is 4. The van der Waals surface area contributed by atoms with Crippen LogP contribution in [-0.4, -0.2) is 43.6 Å². The molecule has 29 heavy (non-hydrogen) atoms. The van der Waals surface area contributed by atoms with Crippen molar-refractivity contribution in [3.8, 4) is 0 Å². The number of fused-ring (bicyclic) bond motifs is 4. The zero-order valence-corrected chi connectivity index (χ0v) is 15.4. The molecule has 3 aliphatic rings. The Balaban J connectivity index is 1.69. The Morgan fingerprint density at radius 2 is 1.86 bits per heavy atom. The maximum Gasteiger partial charge on any atom is 0.335 e. The highest BCUT2D eigenvalue weighted by atomic mass is 19.1. The van der Waals surface area contributed by atoms with Gasteiger partial charge in [-0.3, -0.25) is 14.9 Å². The first-order valence-corrected chi connectivity index (χ1v) is 9.41. The van der Waals surface area contributed by atoms with E-state index in [2.05, 4.69) is 5.32 Å². The molecule has 0 aromatic heterocycles. The summed E-state index contributed by atoms with van der Waals surface area (Å²) in [5, 5.41) is 2.35. The van der Waals surface area contributed by atoms with Gasteiger partial charge in [0.25, 0.3) is 5.91 Å². The van der Waals surface area contributed by atoms with Gasteiger partial charge in [0.2, 0.25) is 5.91 Å². The molecule has 3 aliphatic heterocycles. The number of nitrogens with zero attached hydrogens (tertiary/aromatic N) is 2. The lowest BCUT2D eigenvalue weighted by molar-refractivity contribution is -0.147. The number of carbonyl (C=O) groups excluding carboxylic acids is 3. The van der Waals surface area contributed by atoms with Crippen molar-refractivity contribution in [1.82, 2.24) is 5.32 Å². The molecule has 4 amide bonds. The number of benzene rings is 2. The molecule has 2 fully saturated rings. The normalized spacial score (nSPS) is 26.2. The van der Waals surface area contributed by atoms with Gasteiger partial charge in [0, 0.05) is 13.0 Å². The van der Waals surface area contributed by atoms with Crippen LogP contribution in [0.5, 0.6) is 0 Å². The minimum absolute atomic E-state index is 0.00804. The van der Waals surface area contributed by atoms with Crippen molar-refractivity contribution in [3.05, 3.63) is 59.9 Å². The number of halogens is 1. The SMILES string of the molecule is O=C1NC(=O)[C@@]2(Cc3cccc(F)c3N3CCOC[C@H]32)C(=O)N1c1ccccc1. The van der Waals surface area contributed by atoms with Crippen LogP contribution in [0.1, 0.15) is 5.56 Å². The van der Waals surface area contributed by atoms with E-state index in [0.717, 1.165) is 4.90 Å². The number of anilines is 2. The van der Waals surface area contributed by atoms with Gasteiger partial charge < -0.3 is 9.64 Å². The van der Waals surface area contributed by atoms with E-state index in [4.69, 9.17) is 4.74 Å². The summed E-state index contributed by atoms with van der Waals surface area (Å²) in [6.07, 6.45) is -0.00804. The van der Waals surface area contributed by atoms with Crippen molar-refractivity contribution in [3.63, 3.8) is 0 Å². The van der Waals surface area contributed by atoms with Crippen molar-refractivity contribution in [1.29, 1.82) is 0 Å². The molecule has 5 rings (SSSR count). The van der Waals surface area contributed by atoms with Crippen molar-refractivity contribution < 1.29 is 23.5 Å². The largest absolute Gasteiger partial charge is 0.377 e. The lowest BCUT2D eigenvalue weighted by Gasteiger charge is -2.53. The van der Waals surface area contributed by atoms with Crippen LogP contribution in [0.2, 0.25) is 0 Å². The second kappa shape index (κ2) is 6.38. The molecule has 2 aromatic carbocycles. The van der Waals surface area contributed by atoms with E-state index in [1.165, 1.54) is 6.07 Å². The van der Waals surface area contributed by atoms with Crippen LogP contribution >= 0.6 is 0 Å². The van der Waals surface area contributed by atoms with E-state index in [0.29, 0.717) is 30.1 Å². The number of carbonyl (C=O) groups is 3. The van der Waals surface area contributed by atoms with E-state index in [1.54, 1.807) is 47.4 Å². The first-order valence-electron chi connectivity index (χ1n) is 9.41. The summed E-state index contributed by atoms with van der Waals surface area (Å²) in [7, 11) is 0. The third-order valence-electron chi connectivity index (χ3n) is 5.95. The summed E-state index contributed by atoms with van der Waals surface area (Å²) in [6.45, 7) is 0.793. The monoisotopic (exact) mass is 395 g/mol. The number of rotatable bonds is 1. The summed E-state index contributed by atoms with van der Waals surface area (Å²) >= 11 is 0. The smallest absolute Gasteiger partial charge is 0.335 e. The van der Waals surface area contributed by atoms with E-state index < -0.39 is 35.1 Å². The second-order valence-electron chi connectivity index (χ2n) is 7.42. The number of barbiturate groups is 1. The van der Waals surface area contributed by atoms with E-state index in [-0.39, 0.29) is 13.0 Å². The van der Waals surface area contributed by atoms with Gasteiger partial charge in [-0.05, 0) is 23.8 Å². The average molecular weight is 395 g/mol. The molecule has 3 heterocycles. The average Bonchev–Trinajstić information content (AvgIpc) is 2.73. The third-order valence-corrected chi connectivity index (χ3v) is 5.95. The fourth-order valence-corrected chi connectivity index (χ4v) is 4.64. The lowest BCUT2D eigenvalue weighted by atomic mass is 9.68. The molecule has 0 radical (unpaired) electrons. The third kappa shape index (κ3) is 2.42. The number of nitrogens with one attached hydrogen (secondary N) is 1. The maximum absolute atomic E-state index is 14.7.